The number of rotatable bonds is 9. The molecule has 4 atom stereocenters. The number of primary amides is 1. The molecule has 2 saturated carbocycles. The number of hydrogen-bond acceptors (Lipinski definition) is 5. The molecule has 1 amide bonds. The van der Waals surface area contributed by atoms with Crippen molar-refractivity contribution in [2.75, 3.05) is 0 Å². The number of carbonyl (C=O) groups is 1. The Morgan fingerprint density at radius 3 is 2.54 bits per heavy atom. The summed E-state index contributed by atoms with van der Waals surface area (Å²) in [5.41, 5.74) is 8.23. The van der Waals surface area contributed by atoms with Gasteiger partial charge in [0, 0.05) is 23.0 Å². The Labute approximate surface area is 158 Å². The topological polar surface area (TPSA) is 113 Å². The van der Waals surface area contributed by atoms with E-state index in [0.29, 0.717) is 12.3 Å². The lowest BCUT2D eigenvalue weighted by atomic mass is 9.82. The van der Waals surface area contributed by atoms with E-state index >= 15 is 0 Å². The van der Waals surface area contributed by atoms with Gasteiger partial charge in [-0.2, -0.15) is 0 Å². The summed E-state index contributed by atoms with van der Waals surface area (Å²) in [5, 5.41) is 29.7. The highest BCUT2D eigenvalue weighted by molar-refractivity contribution is 8.15. The molecule has 3 aliphatic rings. The number of nitrogens with zero attached hydrogens (tertiary/aromatic N) is 1. The maximum Gasteiger partial charge on any atom is 0.217 e. The summed E-state index contributed by atoms with van der Waals surface area (Å²) in [6.45, 7) is 0. The molecule has 2 aliphatic carbocycles. The molecule has 148 valence electrons. The van der Waals surface area contributed by atoms with Crippen LogP contribution in [-0.2, 0) is 4.79 Å². The van der Waals surface area contributed by atoms with Crippen molar-refractivity contribution in [1.29, 1.82) is 0 Å². The van der Waals surface area contributed by atoms with E-state index in [2.05, 4.69) is 4.90 Å². The van der Waals surface area contributed by atoms with Gasteiger partial charge in [0.15, 0.2) is 0 Å². The molecule has 0 aromatic heterocycles. The Hall–Kier alpha value is -0.890. The summed E-state index contributed by atoms with van der Waals surface area (Å²) < 4.78 is 0. The molecular weight excluding hydrogens is 350 g/mol. The standard InChI is InChI=1S/C19H33N3O3S/c20-17(23)9-8-15-11-26(21)12-22(15)16(10-13-4-2-1-3-5-13)19(25)18(24)14-6-7-14/h11-14,16,18-19,24-25H,1-10,21H2,(H2,20,23). The summed E-state index contributed by atoms with van der Waals surface area (Å²) in [6, 6.07) is -0.186. The van der Waals surface area contributed by atoms with Crippen LogP contribution in [-0.4, -0.2) is 44.8 Å². The third-order valence-corrected chi connectivity index (χ3v) is 6.99. The zero-order valence-electron chi connectivity index (χ0n) is 15.4. The van der Waals surface area contributed by atoms with E-state index in [1.165, 1.54) is 32.1 Å². The Bertz CT molecular complexity index is 570. The van der Waals surface area contributed by atoms with Crippen molar-refractivity contribution < 1.29 is 15.0 Å². The van der Waals surface area contributed by atoms with E-state index in [-0.39, 0.29) is 24.3 Å². The highest BCUT2D eigenvalue weighted by atomic mass is 32.2. The van der Waals surface area contributed by atoms with Gasteiger partial charge in [-0.25, -0.2) is 0 Å². The zero-order valence-corrected chi connectivity index (χ0v) is 16.2. The Morgan fingerprint density at radius 2 is 1.92 bits per heavy atom. The predicted octanol–water partition coefficient (Wildman–Crippen LogP) is 1.78. The van der Waals surface area contributed by atoms with Gasteiger partial charge in [-0.1, -0.05) is 42.8 Å². The number of allylic oxidation sites excluding steroid dienone is 1. The molecule has 0 bridgehead atoms. The van der Waals surface area contributed by atoms with Crippen molar-refractivity contribution in [3.8, 4) is 0 Å². The smallest absolute Gasteiger partial charge is 0.217 e. The molecule has 6 N–H and O–H groups in total. The third kappa shape index (κ3) is 5.09. The first-order valence-corrected chi connectivity index (χ1v) is 11.3. The molecule has 0 spiro atoms. The molecule has 26 heavy (non-hydrogen) atoms. The fourth-order valence-electron chi connectivity index (χ4n) is 4.30. The molecule has 1 aliphatic heterocycles. The van der Waals surface area contributed by atoms with Crippen LogP contribution in [0, 0.1) is 11.8 Å². The summed E-state index contributed by atoms with van der Waals surface area (Å²) in [6.07, 6.45) is 8.30. The van der Waals surface area contributed by atoms with E-state index in [9.17, 15) is 15.0 Å². The summed E-state index contributed by atoms with van der Waals surface area (Å²) in [5.74, 6) is 0.452. The highest BCUT2D eigenvalue weighted by Crippen LogP contribution is 2.39. The van der Waals surface area contributed by atoms with Gasteiger partial charge in [0.1, 0.15) is 6.10 Å². The van der Waals surface area contributed by atoms with Crippen molar-refractivity contribution in [2.45, 2.75) is 82.5 Å². The molecule has 0 saturated heterocycles. The largest absolute Gasteiger partial charge is 0.390 e. The van der Waals surface area contributed by atoms with Crippen molar-refractivity contribution in [3.63, 3.8) is 0 Å². The van der Waals surface area contributed by atoms with Crippen LogP contribution in [0.15, 0.2) is 11.1 Å². The Kier molecular flexibility index (Phi) is 6.77. The highest BCUT2D eigenvalue weighted by Gasteiger charge is 2.41. The fourth-order valence-corrected chi connectivity index (χ4v) is 5.47. The van der Waals surface area contributed by atoms with Gasteiger partial charge >= 0.3 is 0 Å². The van der Waals surface area contributed by atoms with Crippen LogP contribution in [0.5, 0.6) is 0 Å². The number of aliphatic hydroxyl groups excluding tert-OH is 2. The van der Waals surface area contributed by atoms with Gasteiger partial charge in [-0.15, -0.1) is 0 Å². The lowest BCUT2D eigenvalue weighted by molar-refractivity contribution is -0.118. The maximum absolute atomic E-state index is 11.2. The van der Waals surface area contributed by atoms with E-state index in [1.807, 2.05) is 10.9 Å². The number of amides is 1. The van der Waals surface area contributed by atoms with Crippen LogP contribution in [0.25, 0.3) is 0 Å². The lowest BCUT2D eigenvalue weighted by Gasteiger charge is -2.38. The van der Waals surface area contributed by atoms with Gasteiger partial charge < -0.3 is 20.8 Å². The van der Waals surface area contributed by atoms with Crippen LogP contribution in [0.3, 0.4) is 0 Å². The van der Waals surface area contributed by atoms with Crippen molar-refractivity contribution in [1.82, 2.24) is 4.90 Å². The Morgan fingerprint density at radius 1 is 1.23 bits per heavy atom. The maximum atomic E-state index is 11.2. The minimum Gasteiger partial charge on any atom is -0.390 e. The third-order valence-electron chi connectivity index (χ3n) is 5.97. The number of carbonyl (C=O) groups excluding carboxylic acids is 1. The van der Waals surface area contributed by atoms with Crippen LogP contribution < -0.4 is 10.9 Å². The summed E-state index contributed by atoms with van der Waals surface area (Å²) in [4.78, 5) is 13.3. The molecule has 0 aromatic rings. The monoisotopic (exact) mass is 383 g/mol. The molecule has 0 aromatic carbocycles. The molecule has 1 heterocycles. The minimum atomic E-state index is -0.798. The molecular formula is C19H33N3O3S. The van der Waals surface area contributed by atoms with Crippen molar-refractivity contribution >= 4 is 22.1 Å². The van der Waals surface area contributed by atoms with Crippen molar-refractivity contribution in [3.05, 3.63) is 11.1 Å². The van der Waals surface area contributed by atoms with Crippen LogP contribution >= 0.6 is 10.7 Å². The molecule has 6 nitrogen and oxygen atoms in total. The average Bonchev–Trinajstić information content (AvgIpc) is 3.40. The van der Waals surface area contributed by atoms with Crippen LogP contribution in [0.1, 0.15) is 64.2 Å². The summed E-state index contributed by atoms with van der Waals surface area (Å²) in [7, 11) is -0.506. The van der Waals surface area contributed by atoms with Crippen LogP contribution in [0.4, 0.5) is 0 Å². The first-order chi connectivity index (χ1) is 12.5. The molecule has 0 radical (unpaired) electrons. The number of hydrogen-bond donors (Lipinski definition) is 4. The summed E-state index contributed by atoms with van der Waals surface area (Å²) >= 11 is 0. The van der Waals surface area contributed by atoms with Gasteiger partial charge in [0.25, 0.3) is 0 Å². The van der Waals surface area contributed by atoms with Crippen molar-refractivity contribution in [2.24, 2.45) is 22.7 Å². The zero-order chi connectivity index (χ0) is 18.7. The van der Waals surface area contributed by atoms with E-state index in [0.717, 1.165) is 25.0 Å². The van der Waals surface area contributed by atoms with Gasteiger partial charge in [0.2, 0.25) is 5.91 Å². The van der Waals surface area contributed by atoms with Crippen LogP contribution in [0.2, 0.25) is 0 Å². The fraction of sp³-hybridized carbons (Fsp3) is 0.789. The molecule has 2 fully saturated rings. The number of nitrogens with two attached hydrogens (primary N) is 2. The first kappa shape index (κ1) is 19.9. The minimum absolute atomic E-state index is 0.186. The second kappa shape index (κ2) is 8.87. The van der Waals surface area contributed by atoms with E-state index < -0.39 is 22.9 Å². The first-order valence-electron chi connectivity index (χ1n) is 9.90. The normalized spacial score (nSPS) is 27.6. The lowest BCUT2D eigenvalue weighted by Crippen LogP contribution is -2.49. The van der Waals surface area contributed by atoms with Gasteiger partial charge in [0.05, 0.1) is 12.1 Å². The van der Waals surface area contributed by atoms with Gasteiger partial charge in [-0.05, 0) is 37.5 Å². The van der Waals surface area contributed by atoms with Gasteiger partial charge in [-0.3, -0.25) is 9.93 Å². The second-order valence-corrected chi connectivity index (χ2v) is 9.39. The molecule has 4 unspecified atom stereocenters. The second-order valence-electron chi connectivity index (χ2n) is 8.12. The van der Waals surface area contributed by atoms with E-state index in [4.69, 9.17) is 10.9 Å². The molecule has 7 heteroatoms. The molecule has 3 rings (SSSR count). The SMILES string of the molecule is NC(=O)CCC1=CS(N)=CN1C(CC1CCCCC1)C(O)C(O)C1CC1. The average molecular weight is 384 g/mol. The predicted molar refractivity (Wildman–Crippen MR) is 106 cm³/mol. The van der Waals surface area contributed by atoms with E-state index in [1.54, 1.807) is 0 Å². The Balaban J connectivity index is 1.75. The quantitative estimate of drug-likeness (QED) is 0.453. The number of aliphatic hydroxyl groups is 2.